The molecule has 3 unspecified atom stereocenters. The normalized spacial score (nSPS) is 29.1. The first-order valence-corrected chi connectivity index (χ1v) is 8.13. The second-order valence-corrected chi connectivity index (χ2v) is 6.61. The Labute approximate surface area is 127 Å². The summed E-state index contributed by atoms with van der Waals surface area (Å²) < 4.78 is 11.8. The summed E-state index contributed by atoms with van der Waals surface area (Å²) in [7, 11) is 0. The summed E-state index contributed by atoms with van der Waals surface area (Å²) in [6.45, 7) is 6.56. The monoisotopic (exact) mass is 287 g/mol. The highest BCUT2D eigenvalue weighted by molar-refractivity contribution is 6.19. The van der Waals surface area contributed by atoms with Gasteiger partial charge in [0.2, 0.25) is 0 Å². The molecule has 4 nitrogen and oxygen atoms in total. The molecule has 2 aliphatic rings. The lowest BCUT2D eigenvalue weighted by Crippen LogP contribution is -2.49. The van der Waals surface area contributed by atoms with Crippen LogP contribution in [0.5, 0.6) is 0 Å². The Bertz CT molecular complexity index is 492. The number of hydrogen-bond donors (Lipinski definition) is 0. The van der Waals surface area contributed by atoms with Crippen molar-refractivity contribution in [1.82, 2.24) is 0 Å². The standard InChI is InChI=1S/C15H20N2O2.Al/c1-10(2)9-13(18)14-11(3)16-17(15(14)19)12-7-5-4-6-8-12;/h4-8,10,13-15H,9H2,1-3H3;/q-2;+2. The molecular formula is C15H20AlN2O2. The molecule has 3 rings (SSSR count). The van der Waals surface area contributed by atoms with E-state index in [9.17, 15) is 0 Å². The molecule has 105 valence electrons. The van der Waals surface area contributed by atoms with Crippen LogP contribution in [0.2, 0.25) is 0 Å². The molecule has 0 N–H and O–H groups in total. The van der Waals surface area contributed by atoms with E-state index in [-0.39, 0.29) is 18.2 Å². The van der Waals surface area contributed by atoms with E-state index in [0.29, 0.717) is 5.92 Å². The van der Waals surface area contributed by atoms with Crippen LogP contribution in [0.15, 0.2) is 35.4 Å². The van der Waals surface area contributed by atoms with Gasteiger partial charge in [0.25, 0.3) is 0 Å². The van der Waals surface area contributed by atoms with E-state index in [2.05, 4.69) is 32.9 Å². The quantitative estimate of drug-likeness (QED) is 0.802. The number of hydrazone groups is 1. The van der Waals surface area contributed by atoms with Crippen molar-refractivity contribution in [2.24, 2.45) is 16.9 Å². The van der Waals surface area contributed by atoms with E-state index in [1.165, 1.54) is 0 Å². The molecule has 1 saturated heterocycles. The van der Waals surface area contributed by atoms with Gasteiger partial charge in [0, 0.05) is 11.8 Å². The van der Waals surface area contributed by atoms with Gasteiger partial charge in [0.1, 0.15) is 6.23 Å². The first-order chi connectivity index (χ1) is 9.66. The molecule has 0 aliphatic carbocycles. The number of benzene rings is 1. The predicted octanol–water partition coefficient (Wildman–Crippen LogP) is 2.82. The molecule has 2 aliphatic heterocycles. The topological polar surface area (TPSA) is 34.1 Å². The Balaban J connectivity index is 1.85. The van der Waals surface area contributed by atoms with Gasteiger partial charge in [-0.05, 0) is 31.4 Å². The lowest BCUT2D eigenvalue weighted by atomic mass is 9.90. The molecule has 1 radical (unpaired) electrons. The molecule has 5 heteroatoms. The molecule has 1 aromatic rings. The fourth-order valence-corrected chi connectivity index (χ4v) is 3.83. The number of nitrogens with zero attached hydrogens (tertiary/aromatic N) is 2. The SMILES string of the molecule is CC1=NN(c2ccccc2)C2[O][Al][O]C(CC(C)C)C12. The lowest BCUT2D eigenvalue weighted by Gasteiger charge is -2.38. The zero-order chi connectivity index (χ0) is 14.1. The second-order valence-electron chi connectivity index (χ2n) is 5.87. The maximum absolute atomic E-state index is 5.92. The molecule has 1 fully saturated rings. The van der Waals surface area contributed by atoms with E-state index >= 15 is 0 Å². The van der Waals surface area contributed by atoms with E-state index in [0.717, 1.165) is 17.8 Å². The zero-order valence-corrected chi connectivity index (χ0v) is 13.3. The van der Waals surface area contributed by atoms with Gasteiger partial charge in [0.05, 0.1) is 11.6 Å². The van der Waals surface area contributed by atoms with E-state index in [1.54, 1.807) is 0 Å². The van der Waals surface area contributed by atoms with E-state index in [4.69, 9.17) is 12.7 Å². The van der Waals surface area contributed by atoms with Gasteiger partial charge in [-0.1, -0.05) is 32.0 Å². The first kappa shape index (κ1) is 14.1. The van der Waals surface area contributed by atoms with Gasteiger partial charge >= 0.3 is 15.9 Å². The summed E-state index contributed by atoms with van der Waals surface area (Å²) in [4.78, 5) is 0. The van der Waals surface area contributed by atoms with Crippen molar-refractivity contribution in [3.05, 3.63) is 30.3 Å². The summed E-state index contributed by atoms with van der Waals surface area (Å²) in [5, 5.41) is 6.74. The Morgan fingerprint density at radius 3 is 2.70 bits per heavy atom. The second kappa shape index (κ2) is 5.87. The summed E-state index contributed by atoms with van der Waals surface area (Å²) in [6, 6.07) is 10.2. The van der Waals surface area contributed by atoms with Gasteiger partial charge < -0.3 is 7.58 Å². The molecule has 1 aromatic carbocycles. The maximum Gasteiger partial charge on any atom is 0.670 e. The van der Waals surface area contributed by atoms with Gasteiger partial charge in [-0.2, -0.15) is 5.10 Å². The van der Waals surface area contributed by atoms with Crippen LogP contribution in [0.4, 0.5) is 5.69 Å². The highest BCUT2D eigenvalue weighted by Gasteiger charge is 2.45. The van der Waals surface area contributed by atoms with Crippen LogP contribution in [0.3, 0.4) is 0 Å². The van der Waals surface area contributed by atoms with Crippen LogP contribution in [0.25, 0.3) is 0 Å². The van der Waals surface area contributed by atoms with Crippen LogP contribution in [0.1, 0.15) is 27.2 Å². The molecule has 0 saturated carbocycles. The first-order valence-electron chi connectivity index (χ1n) is 7.19. The number of hydrogen-bond acceptors (Lipinski definition) is 4. The van der Waals surface area contributed by atoms with E-state index < -0.39 is 15.9 Å². The summed E-state index contributed by atoms with van der Waals surface area (Å²) >= 11 is -0.403. The van der Waals surface area contributed by atoms with Crippen molar-refractivity contribution < 1.29 is 7.58 Å². The fourth-order valence-electron chi connectivity index (χ4n) is 2.94. The lowest BCUT2D eigenvalue weighted by molar-refractivity contribution is -0.000463. The molecule has 2 heterocycles. The minimum absolute atomic E-state index is 0.00454. The molecule has 0 aromatic heterocycles. The summed E-state index contributed by atoms with van der Waals surface area (Å²) in [5.41, 5.74) is 2.20. The summed E-state index contributed by atoms with van der Waals surface area (Å²) in [6.07, 6.45) is 1.30. The number of anilines is 1. The van der Waals surface area contributed by atoms with Crippen LogP contribution in [-0.4, -0.2) is 33.9 Å². The Hall–Kier alpha value is -0.858. The smallest absolute Gasteiger partial charge is 0.480 e. The minimum atomic E-state index is -0.403. The van der Waals surface area contributed by atoms with Crippen molar-refractivity contribution >= 4 is 27.3 Å². The highest BCUT2D eigenvalue weighted by atomic mass is 27.2. The molecule has 20 heavy (non-hydrogen) atoms. The molecule has 0 bridgehead atoms. The Kier molecular flexibility index (Phi) is 4.14. The van der Waals surface area contributed by atoms with Crippen molar-refractivity contribution in [2.75, 3.05) is 5.01 Å². The van der Waals surface area contributed by atoms with Crippen molar-refractivity contribution in [2.45, 2.75) is 39.5 Å². The van der Waals surface area contributed by atoms with Gasteiger partial charge in [-0.15, -0.1) is 0 Å². The van der Waals surface area contributed by atoms with Crippen molar-refractivity contribution in [3.63, 3.8) is 0 Å². The summed E-state index contributed by atoms with van der Waals surface area (Å²) in [5.74, 6) is 0.871. The predicted molar refractivity (Wildman–Crippen MR) is 80.5 cm³/mol. The van der Waals surface area contributed by atoms with Crippen LogP contribution in [0, 0.1) is 11.8 Å². The van der Waals surface area contributed by atoms with Crippen molar-refractivity contribution in [1.29, 1.82) is 0 Å². The average Bonchev–Trinajstić information content (AvgIpc) is 2.78. The zero-order valence-electron chi connectivity index (χ0n) is 12.2. The molecule has 0 spiro atoms. The van der Waals surface area contributed by atoms with Gasteiger partial charge in [0.15, 0.2) is 0 Å². The maximum atomic E-state index is 5.92. The third-order valence-electron chi connectivity index (χ3n) is 3.85. The molecule has 0 amide bonds. The van der Waals surface area contributed by atoms with Crippen LogP contribution >= 0.6 is 0 Å². The Morgan fingerprint density at radius 2 is 2.00 bits per heavy atom. The number of para-hydroxylation sites is 1. The Morgan fingerprint density at radius 1 is 1.25 bits per heavy atom. The van der Waals surface area contributed by atoms with Gasteiger partial charge in [-0.25, -0.2) is 5.01 Å². The molecule has 3 atom stereocenters. The number of rotatable bonds is 3. The van der Waals surface area contributed by atoms with Crippen molar-refractivity contribution in [3.8, 4) is 0 Å². The largest absolute Gasteiger partial charge is 0.670 e. The third kappa shape index (κ3) is 2.64. The molecular weight excluding hydrogens is 267 g/mol. The minimum Gasteiger partial charge on any atom is -0.480 e. The van der Waals surface area contributed by atoms with Crippen LogP contribution in [-0.2, 0) is 7.58 Å². The number of fused-ring (bicyclic) bond motifs is 1. The van der Waals surface area contributed by atoms with E-state index in [1.807, 2.05) is 23.2 Å². The van der Waals surface area contributed by atoms with Gasteiger partial charge in [-0.3, -0.25) is 0 Å². The van der Waals surface area contributed by atoms with Crippen LogP contribution < -0.4 is 5.01 Å². The fraction of sp³-hybridized carbons (Fsp3) is 0.533. The highest BCUT2D eigenvalue weighted by Crippen LogP contribution is 2.35. The third-order valence-corrected chi connectivity index (χ3v) is 4.70. The average molecular weight is 287 g/mol.